The first-order valence-electron chi connectivity index (χ1n) is 6.49. The van der Waals surface area contributed by atoms with Crippen LogP contribution in [0, 0.1) is 23.2 Å². The molecule has 2 heteroatoms. The minimum Gasteiger partial charge on any atom is -0.478 e. The molecule has 0 heterocycles. The maximum atomic E-state index is 10.8. The van der Waals surface area contributed by atoms with E-state index in [0.29, 0.717) is 0 Å². The minimum atomic E-state index is -0.770. The number of hydrogen-bond donors (Lipinski definition) is 1. The molecular weight excluding hydrogens is 200 g/mol. The number of hydrogen-bond acceptors (Lipinski definition) is 1. The standard InChI is InChI=1S/C14H20O2/c1-9(2-13(15)16)14-6-10-3-11(7-14)5-12(4-10)8-14/h2,10-12H,3-8H2,1H3,(H,15,16). The van der Waals surface area contributed by atoms with Crippen molar-refractivity contribution in [3.8, 4) is 0 Å². The average Bonchev–Trinajstić information content (AvgIpc) is 2.13. The summed E-state index contributed by atoms with van der Waals surface area (Å²) in [6.45, 7) is 2.04. The van der Waals surface area contributed by atoms with E-state index in [2.05, 4.69) is 0 Å². The van der Waals surface area contributed by atoms with Crippen LogP contribution in [0.25, 0.3) is 0 Å². The first-order chi connectivity index (χ1) is 7.57. The van der Waals surface area contributed by atoms with Gasteiger partial charge in [0.25, 0.3) is 0 Å². The molecule has 4 aliphatic rings. The molecule has 0 aromatic heterocycles. The Bertz CT molecular complexity index is 318. The molecule has 0 saturated heterocycles. The highest BCUT2D eigenvalue weighted by Crippen LogP contribution is 2.62. The van der Waals surface area contributed by atoms with Crippen LogP contribution in [-0.4, -0.2) is 11.1 Å². The lowest BCUT2D eigenvalue weighted by molar-refractivity contribution is -0.131. The highest BCUT2D eigenvalue weighted by Gasteiger charge is 2.51. The Morgan fingerprint density at radius 2 is 1.56 bits per heavy atom. The smallest absolute Gasteiger partial charge is 0.328 e. The second kappa shape index (κ2) is 3.35. The van der Waals surface area contributed by atoms with Gasteiger partial charge in [0.2, 0.25) is 0 Å². The summed E-state index contributed by atoms with van der Waals surface area (Å²) in [5.41, 5.74) is 1.41. The van der Waals surface area contributed by atoms with Crippen molar-refractivity contribution in [2.75, 3.05) is 0 Å². The topological polar surface area (TPSA) is 37.3 Å². The molecule has 4 fully saturated rings. The number of allylic oxidation sites excluding steroid dienone is 1. The van der Waals surface area contributed by atoms with Crippen LogP contribution in [0.2, 0.25) is 0 Å². The first-order valence-corrected chi connectivity index (χ1v) is 6.49. The maximum Gasteiger partial charge on any atom is 0.328 e. The molecule has 0 unspecified atom stereocenters. The number of carboxylic acid groups (broad SMARTS) is 1. The zero-order chi connectivity index (χ0) is 11.3. The normalized spacial score (nSPS) is 46.1. The molecule has 0 radical (unpaired) electrons. The summed E-state index contributed by atoms with van der Waals surface area (Å²) in [7, 11) is 0. The van der Waals surface area contributed by atoms with E-state index in [1.54, 1.807) is 0 Å². The van der Waals surface area contributed by atoms with Crippen molar-refractivity contribution in [3.05, 3.63) is 11.6 Å². The van der Waals surface area contributed by atoms with Gasteiger partial charge in [-0.15, -0.1) is 0 Å². The molecule has 16 heavy (non-hydrogen) atoms. The lowest BCUT2D eigenvalue weighted by Gasteiger charge is -2.57. The van der Waals surface area contributed by atoms with Crippen LogP contribution in [-0.2, 0) is 4.79 Å². The van der Waals surface area contributed by atoms with E-state index in [9.17, 15) is 4.79 Å². The van der Waals surface area contributed by atoms with Crippen LogP contribution >= 0.6 is 0 Å². The summed E-state index contributed by atoms with van der Waals surface area (Å²) >= 11 is 0. The van der Waals surface area contributed by atoms with E-state index in [1.165, 1.54) is 44.6 Å². The molecule has 4 aliphatic carbocycles. The van der Waals surface area contributed by atoms with Gasteiger partial charge in [-0.2, -0.15) is 0 Å². The number of aliphatic carboxylic acids is 1. The average molecular weight is 220 g/mol. The lowest BCUT2D eigenvalue weighted by atomic mass is 9.48. The molecular formula is C14H20O2. The number of rotatable bonds is 2. The van der Waals surface area contributed by atoms with Gasteiger partial charge in [-0.05, 0) is 68.6 Å². The summed E-state index contributed by atoms with van der Waals surface area (Å²) in [5, 5.41) is 8.91. The highest BCUT2D eigenvalue weighted by atomic mass is 16.4. The van der Waals surface area contributed by atoms with Gasteiger partial charge in [0, 0.05) is 6.08 Å². The summed E-state index contributed by atoms with van der Waals surface area (Å²) in [5.74, 6) is 1.91. The predicted octanol–water partition coefficient (Wildman–Crippen LogP) is 3.23. The zero-order valence-corrected chi connectivity index (χ0v) is 9.91. The second-order valence-electron chi connectivity index (χ2n) is 6.36. The van der Waals surface area contributed by atoms with Crippen molar-refractivity contribution in [1.82, 2.24) is 0 Å². The quantitative estimate of drug-likeness (QED) is 0.725. The molecule has 4 bridgehead atoms. The summed E-state index contributed by atoms with van der Waals surface area (Å²) in [6.07, 6.45) is 9.49. The summed E-state index contributed by atoms with van der Waals surface area (Å²) in [6, 6.07) is 0. The van der Waals surface area contributed by atoms with Crippen LogP contribution in [0.15, 0.2) is 11.6 Å². The minimum absolute atomic E-state index is 0.271. The van der Waals surface area contributed by atoms with E-state index in [1.807, 2.05) is 6.92 Å². The van der Waals surface area contributed by atoms with Crippen LogP contribution in [0.3, 0.4) is 0 Å². The molecule has 0 aromatic rings. The van der Waals surface area contributed by atoms with Gasteiger partial charge in [0.05, 0.1) is 0 Å². The second-order valence-corrected chi connectivity index (χ2v) is 6.36. The van der Waals surface area contributed by atoms with Gasteiger partial charge < -0.3 is 5.11 Å². The van der Waals surface area contributed by atoms with Crippen molar-refractivity contribution in [3.63, 3.8) is 0 Å². The fraction of sp³-hybridized carbons (Fsp3) is 0.786. The highest BCUT2D eigenvalue weighted by molar-refractivity contribution is 5.80. The molecule has 2 nitrogen and oxygen atoms in total. The van der Waals surface area contributed by atoms with Gasteiger partial charge in [-0.3, -0.25) is 0 Å². The van der Waals surface area contributed by atoms with E-state index in [-0.39, 0.29) is 5.41 Å². The predicted molar refractivity (Wildman–Crippen MR) is 62.0 cm³/mol. The fourth-order valence-electron chi connectivity index (χ4n) is 4.93. The van der Waals surface area contributed by atoms with Crippen LogP contribution in [0.4, 0.5) is 0 Å². The van der Waals surface area contributed by atoms with Gasteiger partial charge in [0.15, 0.2) is 0 Å². The van der Waals surface area contributed by atoms with E-state index < -0.39 is 5.97 Å². The molecule has 0 atom stereocenters. The van der Waals surface area contributed by atoms with Gasteiger partial charge in [-0.25, -0.2) is 4.79 Å². The van der Waals surface area contributed by atoms with E-state index >= 15 is 0 Å². The van der Waals surface area contributed by atoms with Crippen molar-refractivity contribution in [1.29, 1.82) is 0 Å². The molecule has 4 rings (SSSR count). The Morgan fingerprint density at radius 1 is 1.12 bits per heavy atom. The molecule has 4 saturated carbocycles. The van der Waals surface area contributed by atoms with Crippen LogP contribution < -0.4 is 0 Å². The van der Waals surface area contributed by atoms with E-state index in [4.69, 9.17) is 5.11 Å². The fourth-order valence-corrected chi connectivity index (χ4v) is 4.93. The van der Waals surface area contributed by atoms with Gasteiger partial charge in [0.1, 0.15) is 0 Å². The Morgan fingerprint density at radius 3 is 1.94 bits per heavy atom. The van der Waals surface area contributed by atoms with Gasteiger partial charge >= 0.3 is 5.97 Å². The number of carboxylic acids is 1. The molecule has 0 spiro atoms. The molecule has 0 aliphatic heterocycles. The van der Waals surface area contributed by atoms with E-state index in [0.717, 1.165) is 23.3 Å². The van der Waals surface area contributed by atoms with Crippen molar-refractivity contribution >= 4 is 5.97 Å². The number of carbonyl (C=O) groups is 1. The third kappa shape index (κ3) is 1.50. The molecule has 0 amide bonds. The lowest BCUT2D eigenvalue weighted by Crippen LogP contribution is -2.46. The third-order valence-corrected chi connectivity index (χ3v) is 5.21. The Kier molecular flexibility index (Phi) is 2.17. The van der Waals surface area contributed by atoms with Crippen molar-refractivity contribution in [2.24, 2.45) is 23.2 Å². The van der Waals surface area contributed by atoms with Crippen LogP contribution in [0.5, 0.6) is 0 Å². The van der Waals surface area contributed by atoms with Crippen LogP contribution in [0.1, 0.15) is 45.4 Å². The SMILES string of the molecule is CC(=CC(=O)O)C12CC3CC(CC(C3)C1)C2. The summed E-state index contributed by atoms with van der Waals surface area (Å²) in [4.78, 5) is 10.8. The van der Waals surface area contributed by atoms with Gasteiger partial charge in [-0.1, -0.05) is 5.57 Å². The van der Waals surface area contributed by atoms with Crippen molar-refractivity contribution in [2.45, 2.75) is 45.4 Å². The molecule has 0 aromatic carbocycles. The van der Waals surface area contributed by atoms with Crippen molar-refractivity contribution < 1.29 is 9.90 Å². The Labute approximate surface area is 96.7 Å². The third-order valence-electron chi connectivity index (χ3n) is 5.21. The largest absolute Gasteiger partial charge is 0.478 e. The molecule has 88 valence electrons. The maximum absolute atomic E-state index is 10.8. The Balaban J connectivity index is 1.91. The first kappa shape index (κ1) is 10.4. The monoisotopic (exact) mass is 220 g/mol. The molecule has 1 N–H and O–H groups in total. The Hall–Kier alpha value is -0.790. The summed E-state index contributed by atoms with van der Waals surface area (Å²) < 4.78 is 0. The zero-order valence-electron chi connectivity index (χ0n) is 9.91.